The van der Waals surface area contributed by atoms with Gasteiger partial charge in [-0.05, 0) is 38.2 Å². The minimum Gasteiger partial charge on any atom is -0.335 e. The van der Waals surface area contributed by atoms with Crippen molar-refractivity contribution in [2.75, 3.05) is 26.2 Å². The average molecular weight is 345 g/mol. The second-order valence-electron chi connectivity index (χ2n) is 7.41. The van der Waals surface area contributed by atoms with E-state index in [1.807, 2.05) is 20.5 Å². The molecule has 7 heteroatoms. The van der Waals surface area contributed by atoms with Crippen molar-refractivity contribution in [1.82, 2.24) is 24.9 Å². The zero-order chi connectivity index (χ0) is 17.2. The maximum Gasteiger partial charge on any atom is 0.317 e. The molecule has 2 aliphatic heterocycles. The SMILES string of the molecule is O=C(NC1CCCC1)N1CCN(C(=O)c2cc3n(n2)CCCC3)CC1. The lowest BCUT2D eigenvalue weighted by atomic mass is 10.1. The number of amides is 3. The lowest BCUT2D eigenvalue weighted by Crippen LogP contribution is -2.54. The molecule has 25 heavy (non-hydrogen) atoms. The molecule has 4 rings (SSSR count). The molecule has 1 aromatic heterocycles. The number of piperazine rings is 1. The molecule has 1 aromatic rings. The topological polar surface area (TPSA) is 70.5 Å². The number of hydrogen-bond acceptors (Lipinski definition) is 3. The molecule has 1 N–H and O–H groups in total. The van der Waals surface area contributed by atoms with Crippen molar-refractivity contribution in [3.63, 3.8) is 0 Å². The number of aryl methyl sites for hydroxylation is 2. The predicted molar refractivity (Wildman–Crippen MR) is 93.4 cm³/mol. The number of urea groups is 1. The quantitative estimate of drug-likeness (QED) is 0.886. The Hall–Kier alpha value is -2.05. The maximum atomic E-state index is 12.7. The summed E-state index contributed by atoms with van der Waals surface area (Å²) in [5.41, 5.74) is 1.73. The van der Waals surface area contributed by atoms with Crippen LogP contribution in [0, 0.1) is 0 Å². The van der Waals surface area contributed by atoms with Crippen molar-refractivity contribution in [2.24, 2.45) is 0 Å². The summed E-state index contributed by atoms with van der Waals surface area (Å²) in [6.07, 6.45) is 7.93. The van der Waals surface area contributed by atoms with Gasteiger partial charge < -0.3 is 15.1 Å². The van der Waals surface area contributed by atoms with E-state index in [1.54, 1.807) is 0 Å². The molecule has 0 radical (unpaired) electrons. The van der Waals surface area contributed by atoms with Gasteiger partial charge in [-0.2, -0.15) is 5.10 Å². The van der Waals surface area contributed by atoms with E-state index in [2.05, 4.69) is 10.4 Å². The summed E-state index contributed by atoms with van der Waals surface area (Å²) in [7, 11) is 0. The predicted octanol–water partition coefficient (Wildman–Crippen LogP) is 1.63. The van der Waals surface area contributed by atoms with Crippen LogP contribution in [0.15, 0.2) is 6.07 Å². The molecule has 3 aliphatic rings. The first-order valence-electron chi connectivity index (χ1n) is 9.62. The fraction of sp³-hybridized carbons (Fsp3) is 0.722. The van der Waals surface area contributed by atoms with Gasteiger partial charge in [0.25, 0.3) is 5.91 Å². The molecule has 0 atom stereocenters. The van der Waals surface area contributed by atoms with E-state index in [0.29, 0.717) is 37.9 Å². The van der Waals surface area contributed by atoms with Gasteiger partial charge in [0.2, 0.25) is 0 Å². The van der Waals surface area contributed by atoms with Crippen molar-refractivity contribution >= 4 is 11.9 Å². The summed E-state index contributed by atoms with van der Waals surface area (Å²) in [6, 6.07) is 2.31. The molecule has 0 spiro atoms. The van der Waals surface area contributed by atoms with Gasteiger partial charge >= 0.3 is 6.03 Å². The third-order valence-corrected chi connectivity index (χ3v) is 5.67. The highest BCUT2D eigenvalue weighted by Gasteiger charge is 2.28. The van der Waals surface area contributed by atoms with Gasteiger partial charge in [0.1, 0.15) is 0 Å². The summed E-state index contributed by atoms with van der Waals surface area (Å²) in [4.78, 5) is 28.7. The Labute approximate surface area is 148 Å². The standard InChI is InChI=1S/C18H27N5O2/c24-17(16-13-15-7-3-4-8-23(15)20-16)21-9-11-22(12-10-21)18(25)19-14-5-1-2-6-14/h13-14H,1-12H2,(H,19,25). The van der Waals surface area contributed by atoms with Crippen molar-refractivity contribution < 1.29 is 9.59 Å². The minimum atomic E-state index is -0.00208. The minimum absolute atomic E-state index is 0.00208. The molecule has 1 aliphatic carbocycles. The third kappa shape index (κ3) is 3.50. The van der Waals surface area contributed by atoms with Crippen LogP contribution in [0.4, 0.5) is 4.79 Å². The van der Waals surface area contributed by atoms with Crippen molar-refractivity contribution in [3.05, 3.63) is 17.5 Å². The molecule has 3 heterocycles. The Kier molecular flexibility index (Phi) is 4.63. The Balaban J connectivity index is 1.31. The smallest absolute Gasteiger partial charge is 0.317 e. The number of carbonyl (C=O) groups excluding carboxylic acids is 2. The Morgan fingerprint density at radius 3 is 2.40 bits per heavy atom. The lowest BCUT2D eigenvalue weighted by molar-refractivity contribution is 0.0656. The van der Waals surface area contributed by atoms with E-state index >= 15 is 0 Å². The van der Waals surface area contributed by atoms with Crippen molar-refractivity contribution in [1.29, 1.82) is 0 Å². The summed E-state index contributed by atoms with van der Waals surface area (Å²) in [6.45, 7) is 3.27. The second kappa shape index (κ2) is 7.06. The van der Waals surface area contributed by atoms with Crippen LogP contribution >= 0.6 is 0 Å². The molecule has 1 saturated heterocycles. The van der Waals surface area contributed by atoms with Gasteiger partial charge in [0.05, 0.1) is 0 Å². The summed E-state index contributed by atoms with van der Waals surface area (Å²) >= 11 is 0. The zero-order valence-corrected chi connectivity index (χ0v) is 14.7. The third-order valence-electron chi connectivity index (χ3n) is 5.67. The van der Waals surface area contributed by atoms with Crippen LogP contribution in [0.1, 0.15) is 54.7 Å². The fourth-order valence-corrected chi connectivity index (χ4v) is 4.13. The molecule has 0 aromatic carbocycles. The Morgan fingerprint density at radius 1 is 0.960 bits per heavy atom. The van der Waals surface area contributed by atoms with Crippen LogP contribution in [-0.2, 0) is 13.0 Å². The molecular formula is C18H27N5O2. The summed E-state index contributed by atoms with van der Waals surface area (Å²) in [5, 5.41) is 7.61. The number of fused-ring (bicyclic) bond motifs is 1. The van der Waals surface area contributed by atoms with Gasteiger partial charge in [-0.1, -0.05) is 12.8 Å². The number of nitrogens with zero attached hydrogens (tertiary/aromatic N) is 4. The summed E-state index contributed by atoms with van der Waals surface area (Å²) in [5.74, 6) is -0.00208. The monoisotopic (exact) mass is 345 g/mol. The molecule has 136 valence electrons. The van der Waals surface area contributed by atoms with E-state index in [-0.39, 0.29) is 11.9 Å². The van der Waals surface area contributed by atoms with E-state index in [1.165, 1.54) is 25.0 Å². The van der Waals surface area contributed by atoms with Gasteiger partial charge in [-0.25, -0.2) is 4.79 Å². The first-order valence-corrected chi connectivity index (χ1v) is 9.62. The highest BCUT2D eigenvalue weighted by Crippen LogP contribution is 2.19. The van der Waals surface area contributed by atoms with Crippen LogP contribution in [0.2, 0.25) is 0 Å². The van der Waals surface area contributed by atoms with Gasteiger partial charge in [-0.3, -0.25) is 9.48 Å². The highest BCUT2D eigenvalue weighted by molar-refractivity contribution is 5.92. The number of nitrogens with one attached hydrogen (secondary N) is 1. The largest absolute Gasteiger partial charge is 0.335 e. The van der Waals surface area contributed by atoms with Crippen LogP contribution in [0.25, 0.3) is 0 Å². The number of carbonyl (C=O) groups is 2. The zero-order valence-electron chi connectivity index (χ0n) is 14.7. The highest BCUT2D eigenvalue weighted by atomic mass is 16.2. The van der Waals surface area contributed by atoms with Crippen LogP contribution < -0.4 is 5.32 Å². The number of rotatable bonds is 2. The van der Waals surface area contributed by atoms with Crippen LogP contribution in [-0.4, -0.2) is 63.7 Å². The van der Waals surface area contributed by atoms with Crippen molar-refractivity contribution in [3.8, 4) is 0 Å². The summed E-state index contributed by atoms with van der Waals surface area (Å²) < 4.78 is 1.97. The average Bonchev–Trinajstić information content (AvgIpc) is 3.30. The van der Waals surface area contributed by atoms with E-state index in [0.717, 1.165) is 32.2 Å². The molecule has 2 fully saturated rings. The molecule has 1 saturated carbocycles. The molecular weight excluding hydrogens is 318 g/mol. The normalized spacial score (nSPS) is 21.3. The first-order chi connectivity index (χ1) is 12.2. The lowest BCUT2D eigenvalue weighted by Gasteiger charge is -2.35. The maximum absolute atomic E-state index is 12.7. The van der Waals surface area contributed by atoms with E-state index < -0.39 is 0 Å². The first kappa shape index (κ1) is 16.4. The fourth-order valence-electron chi connectivity index (χ4n) is 4.13. The van der Waals surface area contributed by atoms with E-state index in [9.17, 15) is 9.59 Å². The van der Waals surface area contributed by atoms with Crippen LogP contribution in [0.5, 0.6) is 0 Å². The molecule has 0 bridgehead atoms. The Morgan fingerprint density at radius 2 is 1.68 bits per heavy atom. The molecule has 7 nitrogen and oxygen atoms in total. The van der Waals surface area contributed by atoms with Gasteiger partial charge in [0, 0.05) is 44.5 Å². The van der Waals surface area contributed by atoms with Gasteiger partial charge in [0.15, 0.2) is 5.69 Å². The van der Waals surface area contributed by atoms with E-state index in [4.69, 9.17) is 0 Å². The molecule has 3 amide bonds. The van der Waals surface area contributed by atoms with Gasteiger partial charge in [-0.15, -0.1) is 0 Å². The van der Waals surface area contributed by atoms with Crippen LogP contribution in [0.3, 0.4) is 0 Å². The second-order valence-corrected chi connectivity index (χ2v) is 7.41. The van der Waals surface area contributed by atoms with Crippen molar-refractivity contribution in [2.45, 2.75) is 57.5 Å². The Bertz CT molecular complexity index is 618. The number of hydrogen-bond donors (Lipinski definition) is 1. The number of aromatic nitrogens is 2. The molecule has 0 unspecified atom stereocenters.